The molecule has 5 nitrogen and oxygen atoms in total. The summed E-state index contributed by atoms with van der Waals surface area (Å²) in [5.74, 6) is 2.07. The Morgan fingerprint density at radius 3 is 2.35 bits per heavy atom. The first-order valence-corrected chi connectivity index (χ1v) is 16.9. The van der Waals surface area contributed by atoms with Gasteiger partial charge in [0.25, 0.3) is 0 Å². The minimum Gasteiger partial charge on any atom is -0.509 e. The Hall–Kier alpha value is -4.02. The monoisotopic (exact) mass is 833 g/mol. The molecule has 0 N–H and O–H groups in total. The zero-order valence-electron chi connectivity index (χ0n) is 29.5. The zero-order chi connectivity index (χ0) is 34.0. The number of hydrogen-bond donors (Lipinski definition) is 0. The minimum atomic E-state index is -0.347. The van der Waals surface area contributed by atoms with E-state index in [0.29, 0.717) is 29.2 Å². The first-order valence-electron chi connectivity index (χ1n) is 16.9. The Kier molecular flexibility index (Phi) is 9.26. The molecule has 0 amide bonds. The van der Waals surface area contributed by atoms with E-state index in [4.69, 9.17) is 9.84 Å². The molecule has 1 aliphatic rings. The van der Waals surface area contributed by atoms with Crippen molar-refractivity contribution >= 4 is 21.8 Å². The van der Waals surface area contributed by atoms with E-state index in [9.17, 15) is 4.39 Å². The molecule has 1 aliphatic carbocycles. The Labute approximate surface area is 303 Å². The second-order valence-electron chi connectivity index (χ2n) is 15.3. The first-order chi connectivity index (χ1) is 22.8. The average Bonchev–Trinajstić information content (AvgIpc) is 3.58. The molecule has 49 heavy (non-hydrogen) atoms. The summed E-state index contributed by atoms with van der Waals surface area (Å²) >= 11 is 0. The first kappa shape index (κ1) is 34.8. The standard InChI is InChI=1S/C42H43FN4O.Pt/c1-26-13-11-14-27(2)37(26)38-39(41(3,4)5)45-47(40(38)42(6,7)8)29-15-12-16-30(24-29)48-31-19-20-33-32-17-9-10-18-34(32)46(35(33)25-31)36-23-28(43)21-22-44-36;/h9-10,12-13,15-23,27,37H,11,14H2,1-8H3;/q-2;+2/t27-,37?;/m0./s1. The molecule has 7 heteroatoms. The van der Waals surface area contributed by atoms with Gasteiger partial charge < -0.3 is 9.30 Å². The van der Waals surface area contributed by atoms with Crippen LogP contribution in [0.5, 0.6) is 11.5 Å². The number of halogens is 1. The summed E-state index contributed by atoms with van der Waals surface area (Å²) in [6, 6.07) is 27.7. The van der Waals surface area contributed by atoms with Crippen LogP contribution in [0.25, 0.3) is 33.3 Å². The quantitative estimate of drug-likeness (QED) is 0.128. The van der Waals surface area contributed by atoms with E-state index in [1.807, 2.05) is 47.0 Å². The maximum Gasteiger partial charge on any atom is 2.00 e. The number of para-hydroxylation sites is 1. The second-order valence-corrected chi connectivity index (χ2v) is 15.3. The predicted molar refractivity (Wildman–Crippen MR) is 192 cm³/mol. The summed E-state index contributed by atoms with van der Waals surface area (Å²) < 4.78 is 24.8. The number of benzene rings is 3. The number of rotatable bonds is 5. The fourth-order valence-electron chi connectivity index (χ4n) is 7.43. The number of hydrogen-bond acceptors (Lipinski definition) is 3. The van der Waals surface area contributed by atoms with Gasteiger partial charge in [0.15, 0.2) is 0 Å². The van der Waals surface area contributed by atoms with Crippen LogP contribution >= 0.6 is 0 Å². The topological polar surface area (TPSA) is 44.9 Å². The summed E-state index contributed by atoms with van der Waals surface area (Å²) in [4.78, 5) is 4.48. The van der Waals surface area contributed by atoms with Crippen LogP contribution in [0.1, 0.15) is 91.1 Å². The Balaban J connectivity index is 0.00000417. The normalized spacial score (nSPS) is 16.9. The van der Waals surface area contributed by atoms with Gasteiger partial charge in [-0.2, -0.15) is 17.2 Å². The molecule has 0 fully saturated rings. The van der Waals surface area contributed by atoms with Crippen LogP contribution in [-0.2, 0) is 31.9 Å². The molecule has 254 valence electrons. The number of fused-ring (bicyclic) bond motifs is 3. The van der Waals surface area contributed by atoms with Gasteiger partial charge in [-0.25, -0.2) is 9.37 Å². The molecule has 6 aromatic rings. The molecule has 0 radical (unpaired) electrons. The van der Waals surface area contributed by atoms with Crippen LogP contribution < -0.4 is 4.74 Å². The van der Waals surface area contributed by atoms with Gasteiger partial charge in [0.05, 0.1) is 11.4 Å². The van der Waals surface area contributed by atoms with E-state index in [1.54, 1.807) is 0 Å². The van der Waals surface area contributed by atoms with Gasteiger partial charge in [0.1, 0.15) is 11.6 Å². The van der Waals surface area contributed by atoms with Crippen molar-refractivity contribution in [1.82, 2.24) is 19.3 Å². The third-order valence-electron chi connectivity index (χ3n) is 9.50. The van der Waals surface area contributed by atoms with Gasteiger partial charge in [-0.05, 0) is 48.9 Å². The van der Waals surface area contributed by atoms with Gasteiger partial charge in [-0.15, -0.1) is 35.7 Å². The molecule has 0 saturated carbocycles. The maximum absolute atomic E-state index is 14.3. The smallest absolute Gasteiger partial charge is 0.509 e. The van der Waals surface area contributed by atoms with Crippen LogP contribution in [0.2, 0.25) is 0 Å². The Bertz CT molecular complexity index is 2200. The molecule has 0 spiro atoms. The molecular formula is C42H43FN4OPt. The van der Waals surface area contributed by atoms with Crippen LogP contribution in [-0.4, -0.2) is 19.3 Å². The molecule has 1 unspecified atom stereocenters. The van der Waals surface area contributed by atoms with Crippen molar-refractivity contribution in [2.24, 2.45) is 5.92 Å². The van der Waals surface area contributed by atoms with Crippen molar-refractivity contribution in [3.8, 4) is 23.0 Å². The van der Waals surface area contributed by atoms with E-state index in [-0.39, 0.29) is 37.7 Å². The number of pyridine rings is 1. The molecule has 3 aromatic heterocycles. The fraction of sp³-hybridized carbons (Fsp3) is 0.333. The van der Waals surface area contributed by atoms with Crippen LogP contribution in [0.3, 0.4) is 0 Å². The van der Waals surface area contributed by atoms with Crippen LogP contribution in [0.15, 0.2) is 84.6 Å². The number of allylic oxidation sites excluding steroid dienone is 2. The van der Waals surface area contributed by atoms with Crippen molar-refractivity contribution in [1.29, 1.82) is 0 Å². The van der Waals surface area contributed by atoms with Crippen molar-refractivity contribution in [2.75, 3.05) is 0 Å². The fourth-order valence-corrected chi connectivity index (χ4v) is 7.43. The van der Waals surface area contributed by atoms with E-state index >= 15 is 0 Å². The van der Waals surface area contributed by atoms with Crippen molar-refractivity contribution in [3.05, 3.63) is 119 Å². The second kappa shape index (κ2) is 13.0. The van der Waals surface area contributed by atoms with Gasteiger partial charge >= 0.3 is 21.1 Å². The molecule has 2 atom stereocenters. The number of nitrogens with zero attached hydrogens (tertiary/aromatic N) is 4. The molecule has 3 aromatic carbocycles. The molecule has 7 rings (SSSR count). The van der Waals surface area contributed by atoms with Crippen molar-refractivity contribution in [3.63, 3.8) is 0 Å². The van der Waals surface area contributed by atoms with Gasteiger partial charge in [0.2, 0.25) is 0 Å². The van der Waals surface area contributed by atoms with E-state index in [2.05, 4.69) is 95.4 Å². The Morgan fingerprint density at radius 2 is 1.63 bits per heavy atom. The van der Waals surface area contributed by atoms with Crippen LogP contribution in [0, 0.1) is 23.9 Å². The van der Waals surface area contributed by atoms with Gasteiger partial charge in [0, 0.05) is 51.6 Å². The molecule has 0 bridgehead atoms. The van der Waals surface area contributed by atoms with Crippen molar-refractivity contribution < 1.29 is 30.2 Å². The summed E-state index contributed by atoms with van der Waals surface area (Å²) in [6.45, 7) is 18.3. The van der Waals surface area contributed by atoms with Gasteiger partial charge in [-0.3, -0.25) is 4.68 Å². The minimum absolute atomic E-state index is 0. The summed E-state index contributed by atoms with van der Waals surface area (Å²) in [5, 5.41) is 7.40. The third kappa shape index (κ3) is 6.41. The summed E-state index contributed by atoms with van der Waals surface area (Å²) in [6.07, 6.45) is 6.20. The van der Waals surface area contributed by atoms with E-state index in [1.165, 1.54) is 41.6 Å². The van der Waals surface area contributed by atoms with Crippen molar-refractivity contribution in [2.45, 2.75) is 85.0 Å². The SMILES string of the molecule is CC1=CCC[C@H](C)C1c1c(C(C)(C)C)nn(-c2[c-]c(Oc3[c-]c4c(cc3)c3ccccc3n4-c3cc(F)ccn3)ccc2)c1C(C)(C)C.[Pt+2]. The molecule has 3 heterocycles. The summed E-state index contributed by atoms with van der Waals surface area (Å²) in [5.41, 5.74) is 7.33. The molecular weight excluding hydrogens is 791 g/mol. The Morgan fingerprint density at radius 1 is 0.878 bits per heavy atom. The van der Waals surface area contributed by atoms with Gasteiger partial charge in [-0.1, -0.05) is 83.8 Å². The predicted octanol–water partition coefficient (Wildman–Crippen LogP) is 10.9. The summed E-state index contributed by atoms with van der Waals surface area (Å²) in [7, 11) is 0. The molecule has 0 saturated heterocycles. The molecule has 0 aliphatic heterocycles. The largest absolute Gasteiger partial charge is 2.00 e. The van der Waals surface area contributed by atoms with Crippen LogP contribution in [0.4, 0.5) is 4.39 Å². The average molecular weight is 834 g/mol. The number of ether oxygens (including phenoxy) is 1. The van der Waals surface area contributed by atoms with E-state index in [0.717, 1.165) is 39.6 Å². The maximum atomic E-state index is 14.3. The zero-order valence-corrected chi connectivity index (χ0v) is 31.7. The third-order valence-corrected chi connectivity index (χ3v) is 9.50. The van der Waals surface area contributed by atoms with E-state index < -0.39 is 0 Å². The number of aromatic nitrogens is 4.